The van der Waals surface area contributed by atoms with Gasteiger partial charge in [0.1, 0.15) is 6.10 Å². The van der Waals surface area contributed by atoms with Crippen molar-refractivity contribution in [1.82, 2.24) is 0 Å². The Bertz CT molecular complexity index is 255. The number of carbonyl (C=O) groups excluding carboxylic acids is 1. The van der Waals surface area contributed by atoms with E-state index in [2.05, 4.69) is 11.6 Å². The molecule has 0 rings (SSSR count). The average molecular weight is 233 g/mol. The summed E-state index contributed by atoms with van der Waals surface area (Å²) < 4.78 is 0. The van der Waals surface area contributed by atoms with Crippen molar-refractivity contribution in [2.75, 3.05) is 19.8 Å². The first kappa shape index (κ1) is 16.9. The molecule has 16 heavy (non-hydrogen) atoms. The second kappa shape index (κ2) is 11.5. The predicted molar refractivity (Wildman–Crippen MR) is 54.6 cm³/mol. The van der Waals surface area contributed by atoms with Gasteiger partial charge >= 0.3 is 5.97 Å². The molecule has 4 N–H and O–H groups in total. The molecular weight excluding hydrogens is 218 g/mol. The van der Waals surface area contributed by atoms with Crippen LogP contribution in [0.15, 0.2) is 17.1 Å². The van der Waals surface area contributed by atoms with Gasteiger partial charge in [0, 0.05) is 5.57 Å². The summed E-state index contributed by atoms with van der Waals surface area (Å²) in [7, 11) is 0. The topological polar surface area (TPSA) is 127 Å². The Morgan fingerprint density at radius 3 is 2.12 bits per heavy atom. The van der Waals surface area contributed by atoms with Crippen molar-refractivity contribution >= 4 is 12.0 Å². The third-order valence-electron chi connectivity index (χ3n) is 1.31. The first-order chi connectivity index (χ1) is 7.49. The molecule has 0 unspecified atom stereocenters. The van der Waals surface area contributed by atoms with Crippen molar-refractivity contribution in [3.63, 3.8) is 0 Å². The smallest absolute Gasteiger partial charge is 0.331 e. The van der Waals surface area contributed by atoms with E-state index in [1.54, 1.807) is 0 Å². The molecule has 0 fully saturated rings. The summed E-state index contributed by atoms with van der Waals surface area (Å²) in [4.78, 5) is 22.7. The predicted octanol–water partition coefficient (Wildman–Crippen LogP) is -1.32. The van der Waals surface area contributed by atoms with Gasteiger partial charge in [0.2, 0.25) is 6.08 Å². The molecule has 0 aromatic carbocycles. The minimum Gasteiger partial charge on any atom is -0.478 e. The third-order valence-corrected chi connectivity index (χ3v) is 1.31. The SMILES string of the molecule is C=C(CCN=C=O)C(=O)O.OCC(O)CO. The van der Waals surface area contributed by atoms with Crippen LogP contribution in [0.5, 0.6) is 0 Å². The van der Waals surface area contributed by atoms with Crippen LogP contribution in [-0.2, 0) is 9.59 Å². The molecule has 0 atom stereocenters. The normalized spacial score (nSPS) is 8.75. The number of rotatable bonds is 6. The van der Waals surface area contributed by atoms with E-state index in [0.29, 0.717) is 0 Å². The summed E-state index contributed by atoms with van der Waals surface area (Å²) in [5, 5.41) is 32.3. The van der Waals surface area contributed by atoms with Crippen LogP contribution in [0.3, 0.4) is 0 Å². The number of carbonyl (C=O) groups is 1. The molecule has 0 amide bonds. The van der Waals surface area contributed by atoms with E-state index in [9.17, 15) is 9.59 Å². The molecule has 0 spiro atoms. The van der Waals surface area contributed by atoms with Crippen LogP contribution >= 0.6 is 0 Å². The van der Waals surface area contributed by atoms with E-state index in [4.69, 9.17) is 20.4 Å². The van der Waals surface area contributed by atoms with Gasteiger partial charge in [-0.3, -0.25) is 0 Å². The van der Waals surface area contributed by atoms with E-state index >= 15 is 0 Å². The van der Waals surface area contributed by atoms with Crippen LogP contribution in [0.4, 0.5) is 0 Å². The van der Waals surface area contributed by atoms with Crippen LogP contribution in [0.2, 0.25) is 0 Å². The summed E-state index contributed by atoms with van der Waals surface area (Å²) in [5.41, 5.74) is 0.0546. The molecule has 0 aliphatic carbocycles. The molecule has 7 heteroatoms. The van der Waals surface area contributed by atoms with Crippen molar-refractivity contribution in [2.45, 2.75) is 12.5 Å². The van der Waals surface area contributed by atoms with Crippen LogP contribution in [-0.4, -0.2) is 58.3 Å². The van der Waals surface area contributed by atoms with E-state index in [1.807, 2.05) is 0 Å². The molecule has 0 bridgehead atoms. The zero-order valence-electron chi connectivity index (χ0n) is 8.67. The van der Waals surface area contributed by atoms with Gasteiger partial charge in [-0.15, -0.1) is 0 Å². The minimum absolute atomic E-state index is 0.0546. The Morgan fingerprint density at radius 1 is 1.38 bits per heavy atom. The molecule has 0 aliphatic rings. The maximum atomic E-state index is 10.1. The Labute approximate surface area is 92.4 Å². The molecule has 0 aliphatic heterocycles. The number of carboxylic acid groups (broad SMARTS) is 1. The number of nitrogens with zero attached hydrogens (tertiary/aromatic N) is 1. The standard InChI is InChI=1S/C6H7NO3.C3H8O3/c1-5(6(9)10)2-3-7-4-8;4-1-3(6)2-5/h1-3H2,(H,9,10);3-6H,1-2H2. The van der Waals surface area contributed by atoms with Crippen molar-refractivity contribution in [3.8, 4) is 0 Å². The number of isocyanates is 1. The molecule has 0 aromatic rings. The fourth-order valence-corrected chi connectivity index (χ4v) is 0.401. The largest absolute Gasteiger partial charge is 0.478 e. The Hall–Kier alpha value is -1.53. The van der Waals surface area contributed by atoms with Gasteiger partial charge < -0.3 is 20.4 Å². The lowest BCUT2D eigenvalue weighted by Gasteiger charge is -1.96. The zero-order chi connectivity index (χ0) is 13.0. The molecular formula is C9H15NO6. The summed E-state index contributed by atoms with van der Waals surface area (Å²) >= 11 is 0. The highest BCUT2D eigenvalue weighted by atomic mass is 16.4. The van der Waals surface area contributed by atoms with Gasteiger partial charge in [-0.2, -0.15) is 0 Å². The van der Waals surface area contributed by atoms with E-state index in [1.165, 1.54) is 6.08 Å². The van der Waals surface area contributed by atoms with Gasteiger partial charge in [0.05, 0.1) is 19.8 Å². The van der Waals surface area contributed by atoms with Crippen LogP contribution < -0.4 is 0 Å². The maximum Gasteiger partial charge on any atom is 0.331 e. The summed E-state index contributed by atoms with van der Waals surface area (Å²) in [6, 6.07) is 0. The minimum atomic E-state index is -1.05. The molecule has 0 saturated carbocycles. The van der Waals surface area contributed by atoms with Crippen LogP contribution in [0, 0.1) is 0 Å². The second-order valence-electron chi connectivity index (χ2n) is 2.65. The number of hydrogen-bond acceptors (Lipinski definition) is 6. The second-order valence-corrected chi connectivity index (χ2v) is 2.65. The third kappa shape index (κ3) is 12.5. The Balaban J connectivity index is 0. The van der Waals surface area contributed by atoms with Crippen LogP contribution in [0.25, 0.3) is 0 Å². The van der Waals surface area contributed by atoms with Crippen LogP contribution in [0.1, 0.15) is 6.42 Å². The van der Waals surface area contributed by atoms with Crippen molar-refractivity contribution in [2.24, 2.45) is 4.99 Å². The fourth-order valence-electron chi connectivity index (χ4n) is 0.401. The Morgan fingerprint density at radius 2 is 1.88 bits per heavy atom. The lowest BCUT2D eigenvalue weighted by atomic mass is 10.2. The van der Waals surface area contributed by atoms with Gasteiger partial charge in [-0.05, 0) is 6.42 Å². The van der Waals surface area contributed by atoms with Gasteiger partial charge in [0.25, 0.3) is 0 Å². The molecule has 0 aromatic heterocycles. The van der Waals surface area contributed by atoms with E-state index < -0.39 is 12.1 Å². The molecule has 0 radical (unpaired) electrons. The average Bonchev–Trinajstić information content (AvgIpc) is 2.28. The molecule has 0 heterocycles. The van der Waals surface area contributed by atoms with Crippen molar-refractivity contribution in [3.05, 3.63) is 12.2 Å². The van der Waals surface area contributed by atoms with Gasteiger partial charge in [0.15, 0.2) is 0 Å². The lowest BCUT2D eigenvalue weighted by Crippen LogP contribution is -2.15. The summed E-state index contributed by atoms with van der Waals surface area (Å²) in [5.74, 6) is -1.05. The van der Waals surface area contributed by atoms with Crippen molar-refractivity contribution < 1.29 is 30.0 Å². The highest BCUT2D eigenvalue weighted by Crippen LogP contribution is 1.96. The van der Waals surface area contributed by atoms with E-state index in [-0.39, 0.29) is 31.8 Å². The number of aliphatic hydroxyl groups excluding tert-OH is 3. The quantitative estimate of drug-likeness (QED) is 0.256. The van der Waals surface area contributed by atoms with E-state index in [0.717, 1.165) is 0 Å². The molecule has 92 valence electrons. The monoisotopic (exact) mass is 233 g/mol. The number of hydrogen-bond donors (Lipinski definition) is 4. The summed E-state index contributed by atoms with van der Waals surface area (Å²) in [6.45, 7) is 2.65. The highest BCUT2D eigenvalue weighted by molar-refractivity contribution is 5.85. The first-order valence-electron chi connectivity index (χ1n) is 4.34. The lowest BCUT2D eigenvalue weighted by molar-refractivity contribution is -0.132. The molecule has 0 saturated heterocycles. The number of aliphatic hydroxyl groups is 3. The highest BCUT2D eigenvalue weighted by Gasteiger charge is 2.01. The number of aliphatic imine (C=N–C) groups is 1. The van der Waals surface area contributed by atoms with Gasteiger partial charge in [-0.1, -0.05) is 6.58 Å². The number of aliphatic carboxylic acids is 1. The first-order valence-corrected chi connectivity index (χ1v) is 4.34. The van der Waals surface area contributed by atoms with Crippen molar-refractivity contribution in [1.29, 1.82) is 0 Å². The molecule has 7 nitrogen and oxygen atoms in total. The maximum absolute atomic E-state index is 10.1. The zero-order valence-corrected chi connectivity index (χ0v) is 8.67. The number of carboxylic acids is 1. The summed E-state index contributed by atoms with van der Waals surface area (Å²) in [6.07, 6.45) is 0.548. The van der Waals surface area contributed by atoms with Gasteiger partial charge in [-0.25, -0.2) is 14.6 Å². The fraction of sp³-hybridized carbons (Fsp3) is 0.556. The Kier molecular flexibility index (Phi) is 12.2.